The van der Waals surface area contributed by atoms with Gasteiger partial charge in [0.05, 0.1) is 12.3 Å². The minimum absolute atomic E-state index is 0.0794. The van der Waals surface area contributed by atoms with Crippen LogP contribution in [0.2, 0.25) is 0 Å². The molecule has 43 heavy (non-hydrogen) atoms. The van der Waals surface area contributed by atoms with Crippen LogP contribution in [0.5, 0.6) is 0 Å². The first-order valence-electron chi connectivity index (χ1n) is 15.6. The third-order valence-corrected chi connectivity index (χ3v) is 8.49. The van der Waals surface area contributed by atoms with E-state index in [9.17, 15) is 9.90 Å². The Labute approximate surface area is 255 Å². The highest BCUT2D eigenvalue weighted by Gasteiger charge is 2.22. The third-order valence-electron chi connectivity index (χ3n) is 8.49. The second kappa shape index (κ2) is 15.0. The maximum Gasteiger partial charge on any atom is 0.270 e. The lowest BCUT2D eigenvalue weighted by Crippen LogP contribution is -2.47. The van der Waals surface area contributed by atoms with E-state index in [4.69, 9.17) is 9.73 Å². The Bertz CT molecular complexity index is 1510. The molecule has 2 aliphatic heterocycles. The number of carbonyl (C=O) groups is 1. The number of nitrogens with one attached hydrogen (secondary N) is 1. The number of aromatic nitrogens is 1. The number of hydrogen-bond acceptors (Lipinski definition) is 5. The number of aryl methyl sites for hydroxylation is 1. The molecule has 0 spiro atoms. The fourth-order valence-electron chi connectivity index (χ4n) is 5.67. The molecule has 1 aromatic carbocycles. The van der Waals surface area contributed by atoms with Crippen LogP contribution < -0.4 is 0 Å². The SMILES string of the molecule is CCC(CCO)CCOC1=CC=C=CC(C2=NC(CCc3ccc4[nH]c(C(=O)N5CCN(C)CC5)cc4c3)=CCC=C2)=C1. The van der Waals surface area contributed by atoms with Gasteiger partial charge in [-0.15, -0.1) is 5.73 Å². The minimum Gasteiger partial charge on any atom is -0.494 e. The normalized spacial score (nSPS) is 18.1. The summed E-state index contributed by atoms with van der Waals surface area (Å²) in [6, 6.07) is 8.40. The summed E-state index contributed by atoms with van der Waals surface area (Å²) < 4.78 is 6.11. The van der Waals surface area contributed by atoms with Crippen LogP contribution in [0.25, 0.3) is 10.9 Å². The van der Waals surface area contributed by atoms with Crippen molar-refractivity contribution in [3.63, 3.8) is 0 Å². The second-order valence-electron chi connectivity index (χ2n) is 11.6. The van der Waals surface area contributed by atoms with Crippen LogP contribution in [0.1, 0.15) is 55.1 Å². The molecule has 2 aromatic rings. The van der Waals surface area contributed by atoms with Crippen molar-refractivity contribution in [1.29, 1.82) is 0 Å². The van der Waals surface area contributed by atoms with Gasteiger partial charge in [0, 0.05) is 55.0 Å². The van der Waals surface area contributed by atoms with Crippen molar-refractivity contribution in [3.8, 4) is 0 Å². The van der Waals surface area contributed by atoms with E-state index in [0.717, 1.165) is 98.3 Å². The molecule has 1 amide bonds. The summed E-state index contributed by atoms with van der Waals surface area (Å²) in [6.45, 7) is 6.35. The van der Waals surface area contributed by atoms with Gasteiger partial charge in [0.2, 0.25) is 0 Å². The molecule has 1 atom stereocenters. The lowest BCUT2D eigenvalue weighted by atomic mass is 10.00. The van der Waals surface area contributed by atoms with E-state index in [1.165, 1.54) is 5.56 Å². The van der Waals surface area contributed by atoms with Crippen LogP contribution in [0.15, 0.2) is 94.6 Å². The topological polar surface area (TPSA) is 81.2 Å². The zero-order valence-corrected chi connectivity index (χ0v) is 25.5. The number of benzene rings is 1. The Kier molecular flexibility index (Phi) is 10.7. The average molecular weight is 581 g/mol. The number of likely N-dealkylation sites (N-methyl/N-ethyl adjacent to an activating group) is 1. The molecule has 2 N–H and O–H groups in total. The van der Waals surface area contributed by atoms with Crippen molar-refractivity contribution in [2.24, 2.45) is 10.9 Å². The first-order valence-corrected chi connectivity index (χ1v) is 15.6. The summed E-state index contributed by atoms with van der Waals surface area (Å²) in [7, 11) is 2.09. The van der Waals surface area contributed by atoms with Crippen LogP contribution in [-0.2, 0) is 11.2 Å². The summed E-state index contributed by atoms with van der Waals surface area (Å²) in [5.41, 5.74) is 9.03. The molecule has 5 rings (SSSR count). The van der Waals surface area contributed by atoms with Gasteiger partial charge in [-0.05, 0) is 99.2 Å². The number of rotatable bonds is 12. The smallest absolute Gasteiger partial charge is 0.270 e. The molecule has 3 aliphatic rings. The Morgan fingerprint density at radius 2 is 2.02 bits per heavy atom. The molecule has 1 unspecified atom stereocenters. The lowest BCUT2D eigenvalue weighted by molar-refractivity contribution is 0.0659. The van der Waals surface area contributed by atoms with Crippen molar-refractivity contribution >= 4 is 22.5 Å². The first kappa shape index (κ1) is 30.6. The largest absolute Gasteiger partial charge is 0.494 e. The van der Waals surface area contributed by atoms with Gasteiger partial charge >= 0.3 is 0 Å². The van der Waals surface area contributed by atoms with Crippen LogP contribution in [-0.4, -0.2) is 77.9 Å². The molecule has 1 saturated heterocycles. The van der Waals surface area contributed by atoms with Crippen LogP contribution in [0, 0.1) is 5.92 Å². The number of aliphatic hydroxyl groups is 1. The Hall–Kier alpha value is -3.90. The number of nitrogens with zero attached hydrogens (tertiary/aromatic N) is 3. The van der Waals surface area contributed by atoms with Gasteiger partial charge < -0.3 is 24.6 Å². The van der Waals surface area contributed by atoms with E-state index in [0.29, 0.717) is 18.2 Å². The van der Waals surface area contributed by atoms with Crippen LogP contribution in [0.3, 0.4) is 0 Å². The number of piperazine rings is 1. The number of amides is 1. The van der Waals surface area contributed by atoms with E-state index in [1.807, 2.05) is 35.3 Å². The Balaban J connectivity index is 1.22. The lowest BCUT2D eigenvalue weighted by Gasteiger charge is -2.32. The van der Waals surface area contributed by atoms with E-state index >= 15 is 0 Å². The van der Waals surface area contributed by atoms with Gasteiger partial charge in [-0.1, -0.05) is 31.6 Å². The molecule has 0 radical (unpaired) electrons. The summed E-state index contributed by atoms with van der Waals surface area (Å²) in [4.78, 5) is 25.6. The first-order chi connectivity index (χ1) is 21.0. The molecule has 226 valence electrons. The van der Waals surface area contributed by atoms with Gasteiger partial charge in [0.25, 0.3) is 5.91 Å². The minimum atomic E-state index is 0.0794. The highest BCUT2D eigenvalue weighted by atomic mass is 16.5. The maximum atomic E-state index is 13.1. The van der Waals surface area contributed by atoms with Crippen LogP contribution >= 0.6 is 0 Å². The molecule has 1 aromatic heterocycles. The molecule has 7 nitrogen and oxygen atoms in total. The van der Waals surface area contributed by atoms with Gasteiger partial charge in [-0.2, -0.15) is 0 Å². The molecular weight excluding hydrogens is 536 g/mol. The summed E-state index contributed by atoms with van der Waals surface area (Å²) in [5.74, 6) is 1.35. The average Bonchev–Trinajstić information content (AvgIpc) is 3.15. The fraction of sp³-hybridized carbons (Fsp3) is 0.417. The molecule has 3 heterocycles. The molecule has 0 saturated carbocycles. The Morgan fingerprint density at radius 1 is 1.16 bits per heavy atom. The predicted octanol–water partition coefficient (Wildman–Crippen LogP) is 6.12. The van der Waals surface area contributed by atoms with Crippen LogP contribution in [0.4, 0.5) is 0 Å². The highest BCUT2D eigenvalue weighted by Crippen LogP contribution is 2.23. The van der Waals surface area contributed by atoms with Crippen molar-refractivity contribution < 1.29 is 14.6 Å². The van der Waals surface area contributed by atoms with Gasteiger partial charge in [0.1, 0.15) is 11.5 Å². The number of H-pyrrole nitrogens is 1. The summed E-state index contributed by atoms with van der Waals surface area (Å²) in [5, 5.41) is 10.3. The summed E-state index contributed by atoms with van der Waals surface area (Å²) in [6.07, 6.45) is 19.5. The zero-order chi connectivity index (χ0) is 30.0. The number of aliphatic hydroxyl groups excluding tert-OH is 1. The standard InChI is InChI=1S/C36H44N4O3/c1-3-27(16-22-41)17-23-43-32-10-6-4-8-29(25-32)33-11-7-5-9-31(37-33)14-12-28-13-15-34-30(24-28)26-35(38-34)36(42)40-20-18-39(2)19-21-40/h6-11,13,15,24-27,38,41H,3,5,12,14,16-23H2,1-2H3. The quantitative estimate of drug-likeness (QED) is 0.296. The van der Waals surface area contributed by atoms with E-state index in [2.05, 4.69) is 66.0 Å². The number of ether oxygens (including phenoxy) is 1. The maximum absolute atomic E-state index is 13.1. The van der Waals surface area contributed by atoms with Gasteiger partial charge in [0.15, 0.2) is 0 Å². The number of allylic oxidation sites excluding steroid dienone is 8. The van der Waals surface area contributed by atoms with Crippen molar-refractivity contribution in [2.75, 3.05) is 46.4 Å². The molecule has 0 bridgehead atoms. The van der Waals surface area contributed by atoms with Crippen molar-refractivity contribution in [2.45, 2.75) is 45.4 Å². The number of fused-ring (bicyclic) bond motifs is 1. The number of aromatic amines is 1. The molecule has 7 heteroatoms. The second-order valence-corrected chi connectivity index (χ2v) is 11.6. The number of hydrogen-bond donors (Lipinski definition) is 2. The molecule has 1 fully saturated rings. The van der Waals surface area contributed by atoms with E-state index in [-0.39, 0.29) is 12.5 Å². The Morgan fingerprint density at radius 3 is 2.84 bits per heavy atom. The third kappa shape index (κ3) is 8.35. The zero-order valence-electron chi connectivity index (χ0n) is 25.5. The van der Waals surface area contributed by atoms with E-state index < -0.39 is 0 Å². The fourth-order valence-corrected chi connectivity index (χ4v) is 5.67. The number of aliphatic imine (C=N–C) groups is 1. The van der Waals surface area contributed by atoms with Gasteiger partial charge in [-0.25, -0.2) is 0 Å². The van der Waals surface area contributed by atoms with Crippen molar-refractivity contribution in [3.05, 3.63) is 101 Å². The summed E-state index contributed by atoms with van der Waals surface area (Å²) >= 11 is 0. The predicted molar refractivity (Wildman–Crippen MR) is 174 cm³/mol. The highest BCUT2D eigenvalue weighted by molar-refractivity contribution is 6.11. The van der Waals surface area contributed by atoms with E-state index in [1.54, 1.807) is 0 Å². The van der Waals surface area contributed by atoms with Crippen molar-refractivity contribution in [1.82, 2.24) is 14.8 Å². The molecule has 1 aliphatic carbocycles. The molecular formula is C36H44N4O3. The monoisotopic (exact) mass is 580 g/mol. The van der Waals surface area contributed by atoms with Gasteiger partial charge in [-0.3, -0.25) is 9.79 Å². The number of carbonyl (C=O) groups excluding carboxylic acids is 1.